The van der Waals surface area contributed by atoms with Crippen LogP contribution in [0.15, 0.2) is 0 Å². The first-order chi connectivity index (χ1) is 16.0. The molecule has 186 valence electrons. The fraction of sp³-hybridized carbons (Fsp3) is 0.870. The summed E-state index contributed by atoms with van der Waals surface area (Å²) < 4.78 is 4.86. The normalized spacial score (nSPS) is 33.4. The molecule has 4 aliphatic heterocycles. The van der Waals surface area contributed by atoms with E-state index in [9.17, 15) is 19.5 Å². The number of carbonyl (C=O) groups is 3. The molecule has 0 aromatic heterocycles. The van der Waals surface area contributed by atoms with Gasteiger partial charge in [0.2, 0.25) is 17.7 Å². The Hall–Kier alpha value is -1.36. The second-order valence-electron chi connectivity index (χ2n) is 9.55. The third kappa shape index (κ3) is 4.76. The zero-order chi connectivity index (χ0) is 23.4. The second-order valence-corrected chi connectivity index (χ2v) is 11.2. The SMILES string of the molecule is CCCNC(=O)[C@@H]1[C@H]2C(=O)N(CCCCO)C(C(=O)NCCN3CCOCC3)C23CC[C@H]1S3. The predicted molar refractivity (Wildman–Crippen MR) is 126 cm³/mol. The first-order valence-electron chi connectivity index (χ1n) is 12.5. The van der Waals surface area contributed by atoms with Gasteiger partial charge in [-0.15, -0.1) is 11.8 Å². The van der Waals surface area contributed by atoms with Gasteiger partial charge in [-0.1, -0.05) is 6.92 Å². The number of hydrogen-bond acceptors (Lipinski definition) is 7. The zero-order valence-electron chi connectivity index (χ0n) is 19.6. The number of fused-ring (bicyclic) bond motifs is 1. The van der Waals surface area contributed by atoms with Crippen LogP contribution in [-0.4, -0.2) is 108 Å². The van der Waals surface area contributed by atoms with Crippen LogP contribution >= 0.6 is 11.8 Å². The monoisotopic (exact) mass is 482 g/mol. The third-order valence-electron chi connectivity index (χ3n) is 7.54. The van der Waals surface area contributed by atoms with Crippen molar-refractivity contribution in [3.63, 3.8) is 0 Å². The average molecular weight is 483 g/mol. The molecule has 33 heavy (non-hydrogen) atoms. The maximum Gasteiger partial charge on any atom is 0.244 e. The zero-order valence-corrected chi connectivity index (χ0v) is 20.4. The highest BCUT2D eigenvalue weighted by Gasteiger charge is 2.73. The van der Waals surface area contributed by atoms with Gasteiger partial charge in [0.1, 0.15) is 6.04 Å². The Morgan fingerprint density at radius 3 is 2.64 bits per heavy atom. The van der Waals surface area contributed by atoms with Crippen molar-refractivity contribution >= 4 is 29.5 Å². The molecule has 4 saturated heterocycles. The van der Waals surface area contributed by atoms with Crippen LogP contribution in [0.4, 0.5) is 0 Å². The molecule has 0 saturated carbocycles. The van der Waals surface area contributed by atoms with E-state index in [1.807, 2.05) is 6.92 Å². The highest BCUT2D eigenvalue weighted by atomic mass is 32.2. The van der Waals surface area contributed by atoms with Gasteiger partial charge in [-0.05, 0) is 32.1 Å². The minimum atomic E-state index is -0.558. The highest BCUT2D eigenvalue weighted by Crippen LogP contribution is 2.66. The fourth-order valence-corrected chi connectivity index (χ4v) is 8.23. The number of unbranched alkanes of at least 4 members (excludes halogenated alkanes) is 1. The van der Waals surface area contributed by atoms with Gasteiger partial charge in [-0.2, -0.15) is 0 Å². The summed E-state index contributed by atoms with van der Waals surface area (Å²) in [6.45, 7) is 7.57. The number of likely N-dealkylation sites (tertiary alicyclic amines) is 1. The summed E-state index contributed by atoms with van der Waals surface area (Å²) in [6, 6.07) is -0.558. The Morgan fingerprint density at radius 2 is 1.91 bits per heavy atom. The molecule has 0 aromatic carbocycles. The van der Waals surface area contributed by atoms with Crippen LogP contribution in [0.3, 0.4) is 0 Å². The van der Waals surface area contributed by atoms with Gasteiger partial charge in [-0.3, -0.25) is 19.3 Å². The van der Waals surface area contributed by atoms with Crippen molar-refractivity contribution in [1.82, 2.24) is 20.4 Å². The first kappa shape index (κ1) is 24.8. The minimum Gasteiger partial charge on any atom is -0.396 e. The summed E-state index contributed by atoms with van der Waals surface area (Å²) in [5.74, 6) is -1.02. The van der Waals surface area contributed by atoms with E-state index < -0.39 is 16.7 Å². The molecule has 2 unspecified atom stereocenters. The largest absolute Gasteiger partial charge is 0.396 e. The second kappa shape index (κ2) is 10.9. The topological polar surface area (TPSA) is 111 Å². The van der Waals surface area contributed by atoms with Crippen molar-refractivity contribution in [2.75, 3.05) is 59.1 Å². The maximum absolute atomic E-state index is 13.7. The molecule has 0 aliphatic carbocycles. The molecule has 10 heteroatoms. The van der Waals surface area contributed by atoms with Gasteiger partial charge in [0.25, 0.3) is 0 Å². The van der Waals surface area contributed by atoms with Crippen molar-refractivity contribution < 1.29 is 24.2 Å². The van der Waals surface area contributed by atoms with Crippen LogP contribution in [0, 0.1) is 11.8 Å². The van der Waals surface area contributed by atoms with Crippen LogP contribution in [0.5, 0.6) is 0 Å². The van der Waals surface area contributed by atoms with Crippen molar-refractivity contribution in [1.29, 1.82) is 0 Å². The number of morpholine rings is 1. The lowest BCUT2D eigenvalue weighted by Crippen LogP contribution is -2.54. The molecule has 0 aromatic rings. The van der Waals surface area contributed by atoms with Gasteiger partial charge in [0.05, 0.1) is 29.8 Å². The number of nitrogens with one attached hydrogen (secondary N) is 2. The molecule has 4 rings (SSSR count). The molecule has 2 bridgehead atoms. The van der Waals surface area contributed by atoms with E-state index in [-0.39, 0.29) is 35.5 Å². The van der Waals surface area contributed by atoms with Crippen LogP contribution in [0.1, 0.15) is 39.0 Å². The molecular weight excluding hydrogens is 444 g/mol. The molecule has 1 spiro atoms. The standard InChI is InChI=1S/C23H38N4O5S/c1-2-7-24-20(29)17-16-5-6-23(33-16)18(17)22(31)27(9-3-4-13-28)19(23)21(30)25-8-10-26-11-14-32-15-12-26/h16-19,28H,2-15H2,1H3,(H,24,29)(H,25,30)/t16-,17+,18+,19?,23?/m1/s1. The van der Waals surface area contributed by atoms with Crippen LogP contribution in [0.25, 0.3) is 0 Å². The molecule has 4 aliphatic rings. The molecule has 5 atom stereocenters. The van der Waals surface area contributed by atoms with Gasteiger partial charge in [0, 0.05) is 51.1 Å². The minimum absolute atomic E-state index is 0.0436. The van der Waals surface area contributed by atoms with E-state index in [4.69, 9.17) is 4.74 Å². The van der Waals surface area contributed by atoms with Gasteiger partial charge in [0.15, 0.2) is 0 Å². The van der Waals surface area contributed by atoms with Crippen LogP contribution in [0.2, 0.25) is 0 Å². The smallest absolute Gasteiger partial charge is 0.244 e. The summed E-state index contributed by atoms with van der Waals surface area (Å²) in [5.41, 5.74) is 0. The molecule has 3 N–H and O–H groups in total. The Morgan fingerprint density at radius 1 is 1.15 bits per heavy atom. The van der Waals surface area contributed by atoms with Gasteiger partial charge >= 0.3 is 0 Å². The summed E-state index contributed by atoms with van der Waals surface area (Å²) in [5, 5.41) is 15.4. The Bertz CT molecular complexity index is 734. The number of ether oxygens (including phenoxy) is 1. The van der Waals surface area contributed by atoms with Crippen LogP contribution in [-0.2, 0) is 19.1 Å². The number of carbonyl (C=O) groups excluding carboxylic acids is 3. The Kier molecular flexibility index (Phi) is 8.19. The van der Waals surface area contributed by atoms with Crippen molar-refractivity contribution in [3.8, 4) is 0 Å². The molecule has 4 heterocycles. The quantitative estimate of drug-likeness (QED) is 0.351. The molecule has 3 amide bonds. The predicted octanol–water partition coefficient (Wildman–Crippen LogP) is -0.175. The average Bonchev–Trinajstić information content (AvgIpc) is 3.46. The summed E-state index contributed by atoms with van der Waals surface area (Å²) in [7, 11) is 0. The van der Waals surface area contributed by atoms with Gasteiger partial charge < -0.3 is 25.4 Å². The number of rotatable bonds is 11. The number of hydrogen-bond donors (Lipinski definition) is 3. The Balaban J connectivity index is 1.50. The van der Waals surface area contributed by atoms with Crippen molar-refractivity contribution in [2.24, 2.45) is 11.8 Å². The highest BCUT2D eigenvalue weighted by molar-refractivity contribution is 8.02. The van der Waals surface area contributed by atoms with E-state index >= 15 is 0 Å². The van der Waals surface area contributed by atoms with Crippen molar-refractivity contribution in [2.45, 2.75) is 55.1 Å². The van der Waals surface area contributed by atoms with E-state index in [1.165, 1.54) is 0 Å². The molecule has 0 radical (unpaired) electrons. The number of aliphatic hydroxyl groups is 1. The van der Waals surface area contributed by atoms with E-state index in [2.05, 4.69) is 15.5 Å². The first-order valence-corrected chi connectivity index (χ1v) is 13.4. The Labute approximate surface area is 200 Å². The summed E-state index contributed by atoms with van der Waals surface area (Å²) in [6.07, 6.45) is 3.73. The molecule has 4 fully saturated rings. The van der Waals surface area contributed by atoms with Gasteiger partial charge in [-0.25, -0.2) is 0 Å². The van der Waals surface area contributed by atoms with E-state index in [0.717, 1.165) is 38.9 Å². The van der Waals surface area contributed by atoms with Crippen LogP contribution < -0.4 is 10.6 Å². The maximum atomic E-state index is 13.7. The summed E-state index contributed by atoms with van der Waals surface area (Å²) >= 11 is 1.70. The fourth-order valence-electron chi connectivity index (χ4n) is 6.01. The summed E-state index contributed by atoms with van der Waals surface area (Å²) in [4.78, 5) is 44.2. The van der Waals surface area contributed by atoms with Crippen molar-refractivity contribution in [3.05, 3.63) is 0 Å². The molecular formula is C23H38N4O5S. The number of aliphatic hydroxyl groups excluding tert-OH is 1. The van der Waals surface area contributed by atoms with E-state index in [1.54, 1.807) is 16.7 Å². The molecule has 9 nitrogen and oxygen atoms in total. The number of thioether (sulfide) groups is 1. The number of nitrogens with zero attached hydrogens (tertiary/aromatic N) is 2. The lowest BCUT2D eigenvalue weighted by molar-refractivity contribution is -0.140. The third-order valence-corrected chi connectivity index (χ3v) is 9.49. The lowest BCUT2D eigenvalue weighted by atomic mass is 9.70. The number of amides is 3. The lowest BCUT2D eigenvalue weighted by Gasteiger charge is -2.34. The van der Waals surface area contributed by atoms with E-state index in [0.29, 0.717) is 45.7 Å².